The molecule has 0 radical (unpaired) electrons. The van der Waals surface area contributed by atoms with Crippen LogP contribution >= 0.6 is 0 Å². The molecular formula is C43H59FN6O3. The molecule has 286 valence electrons. The van der Waals surface area contributed by atoms with Crippen molar-refractivity contribution >= 4 is 28.1 Å². The number of nitrogens with two attached hydrogens (primary N) is 1. The van der Waals surface area contributed by atoms with Gasteiger partial charge in [-0.3, -0.25) is 9.59 Å². The van der Waals surface area contributed by atoms with E-state index in [-0.39, 0.29) is 23.1 Å². The molecule has 1 aliphatic heterocycles. The first-order valence-corrected chi connectivity index (χ1v) is 18.7. The van der Waals surface area contributed by atoms with Crippen LogP contribution < -0.4 is 16.6 Å². The molecule has 3 N–H and O–H groups in total. The van der Waals surface area contributed by atoms with E-state index >= 15 is 4.39 Å². The number of methoxy groups -OCH3 is 1. The van der Waals surface area contributed by atoms with Crippen LogP contribution in [0.25, 0.3) is 22.0 Å². The number of pyridine rings is 1. The number of ether oxygens (including phenoxy) is 1. The third-order valence-electron chi connectivity index (χ3n) is 9.08. The first-order valence-electron chi connectivity index (χ1n) is 18.7. The van der Waals surface area contributed by atoms with Crippen LogP contribution in [0.4, 0.5) is 10.2 Å². The van der Waals surface area contributed by atoms with Crippen molar-refractivity contribution in [2.45, 2.75) is 106 Å². The first-order chi connectivity index (χ1) is 25.2. The van der Waals surface area contributed by atoms with Crippen molar-refractivity contribution in [2.24, 2.45) is 5.73 Å². The van der Waals surface area contributed by atoms with Crippen LogP contribution in [-0.4, -0.2) is 51.8 Å². The van der Waals surface area contributed by atoms with Gasteiger partial charge in [-0.05, 0) is 104 Å². The van der Waals surface area contributed by atoms with Crippen molar-refractivity contribution < 1.29 is 13.9 Å². The zero-order chi connectivity index (χ0) is 39.5. The largest absolute Gasteiger partial charge is 0.380 e. The van der Waals surface area contributed by atoms with E-state index in [1.807, 2.05) is 52.9 Å². The highest BCUT2D eigenvalue weighted by Gasteiger charge is 2.23. The molecule has 1 amide bonds. The fraction of sp³-hybridized carbons (Fsp3) is 0.442. The third-order valence-corrected chi connectivity index (χ3v) is 9.08. The summed E-state index contributed by atoms with van der Waals surface area (Å²) in [6, 6.07) is 12.9. The summed E-state index contributed by atoms with van der Waals surface area (Å²) >= 11 is 0. The second-order valence-corrected chi connectivity index (χ2v) is 14.4. The molecule has 0 aliphatic carbocycles. The summed E-state index contributed by atoms with van der Waals surface area (Å²) in [6.07, 6.45) is 8.30. The summed E-state index contributed by atoms with van der Waals surface area (Å²) in [5.74, 6) is -0.373. The van der Waals surface area contributed by atoms with Crippen molar-refractivity contribution in [1.29, 1.82) is 0 Å². The predicted octanol–water partition coefficient (Wildman–Crippen LogP) is 8.89. The Morgan fingerprint density at radius 3 is 2.32 bits per heavy atom. The van der Waals surface area contributed by atoms with Crippen LogP contribution in [0.3, 0.4) is 0 Å². The number of carbonyl (C=O) groups is 1. The van der Waals surface area contributed by atoms with Gasteiger partial charge in [0.1, 0.15) is 17.3 Å². The molecule has 2 aromatic carbocycles. The molecule has 0 atom stereocenters. The van der Waals surface area contributed by atoms with E-state index in [4.69, 9.17) is 10.5 Å². The first kappa shape index (κ1) is 42.7. The molecule has 1 aliphatic rings. The van der Waals surface area contributed by atoms with Crippen molar-refractivity contribution in [1.82, 2.24) is 19.7 Å². The Balaban J connectivity index is 0.00000144. The highest BCUT2D eigenvalue weighted by atomic mass is 19.1. The maximum Gasteiger partial charge on any atom is 0.282 e. The highest BCUT2D eigenvalue weighted by Crippen LogP contribution is 2.31. The molecular weight excluding hydrogens is 668 g/mol. The number of hydrogen-bond acceptors (Lipinski definition) is 7. The number of aromatic nitrogens is 3. The second kappa shape index (κ2) is 19.4. The van der Waals surface area contributed by atoms with Crippen LogP contribution in [-0.2, 0) is 21.6 Å². The maximum absolute atomic E-state index is 15.4. The summed E-state index contributed by atoms with van der Waals surface area (Å²) in [5, 5.41) is 7.84. The number of allylic oxidation sites excluding steroid dienone is 2. The van der Waals surface area contributed by atoms with E-state index in [9.17, 15) is 9.59 Å². The molecule has 1 fully saturated rings. The monoisotopic (exact) mass is 726 g/mol. The molecule has 0 spiro atoms. The van der Waals surface area contributed by atoms with Crippen molar-refractivity contribution in [3.05, 3.63) is 112 Å². The highest BCUT2D eigenvalue weighted by molar-refractivity contribution is 5.98. The van der Waals surface area contributed by atoms with Gasteiger partial charge in [-0.15, -0.1) is 0 Å². The number of halogens is 1. The molecule has 0 saturated carbocycles. The Morgan fingerprint density at radius 1 is 1.11 bits per heavy atom. The minimum Gasteiger partial charge on any atom is -0.380 e. The molecule has 0 unspecified atom stereocenters. The van der Waals surface area contributed by atoms with Crippen LogP contribution in [0.5, 0.6) is 0 Å². The van der Waals surface area contributed by atoms with Gasteiger partial charge in [0.25, 0.3) is 11.5 Å². The Kier molecular flexibility index (Phi) is 15.7. The molecule has 53 heavy (non-hydrogen) atoms. The van der Waals surface area contributed by atoms with Crippen molar-refractivity contribution in [2.75, 3.05) is 25.5 Å². The molecule has 5 rings (SSSR count). The number of carbonyl (C=O) groups excluding carboxylic acids is 1. The van der Waals surface area contributed by atoms with Crippen LogP contribution in [0, 0.1) is 5.82 Å². The molecule has 0 bridgehead atoms. The number of likely N-dealkylation sites (tertiary alicyclic amines) is 1. The van der Waals surface area contributed by atoms with Gasteiger partial charge < -0.3 is 20.7 Å². The summed E-state index contributed by atoms with van der Waals surface area (Å²) < 4.78 is 22.1. The lowest BCUT2D eigenvalue weighted by Gasteiger charge is -2.34. The van der Waals surface area contributed by atoms with E-state index < -0.39 is 17.3 Å². The van der Waals surface area contributed by atoms with Gasteiger partial charge >= 0.3 is 0 Å². The number of hydrogen-bond donors (Lipinski definition) is 2. The summed E-state index contributed by atoms with van der Waals surface area (Å²) in [5.41, 5.74) is 8.93. The number of rotatable bonds is 10. The molecule has 3 heterocycles. The van der Waals surface area contributed by atoms with Crippen molar-refractivity contribution in [3.8, 4) is 5.69 Å². The standard InChI is InChI=1S/C38H45FN6O3.C3H8.C2H6/c1-23(2)44-15-13-25(14-16-44)26-11-12-34(41-20-26)43-32(36(40)46)17-24(3)29-9-8-10-33(30(29)22-48-7)45-37(47)35-27(21-42-45)18-28(19-31(35)39)38(4,5)6;1-3-2;1-2/h8-12,17-21,23,25H,3,13-16,22H2,1-2,4-7H3,(H2,40,46)(H,41,43);3H2,1-2H3;1-2H3/b32-17+;;. The Labute approximate surface area is 315 Å². The number of piperidine rings is 1. The van der Waals surface area contributed by atoms with Crippen LogP contribution in [0.2, 0.25) is 0 Å². The Morgan fingerprint density at radius 2 is 1.77 bits per heavy atom. The summed E-state index contributed by atoms with van der Waals surface area (Å²) in [4.78, 5) is 33.3. The van der Waals surface area contributed by atoms with Gasteiger partial charge in [0.2, 0.25) is 0 Å². The quantitative estimate of drug-likeness (QED) is 0.124. The van der Waals surface area contributed by atoms with Gasteiger partial charge in [0.15, 0.2) is 0 Å². The Bertz CT molecular complexity index is 1930. The number of nitrogens with one attached hydrogen (secondary N) is 1. The number of anilines is 1. The SMILES string of the molecule is C=C(/C=C(/Nc1ccc(C2CCN(C(C)C)CC2)cn1)C(N)=O)c1cccc(-n2ncc3cc(C(C)(C)C)cc(F)c3c2=O)c1COC.CC.CCC. The lowest BCUT2D eigenvalue weighted by atomic mass is 9.86. The normalized spacial score (nSPS) is 13.9. The Hall–Kier alpha value is -4.67. The second-order valence-electron chi connectivity index (χ2n) is 14.4. The fourth-order valence-corrected chi connectivity index (χ4v) is 6.24. The van der Waals surface area contributed by atoms with Gasteiger partial charge in [-0.25, -0.2) is 9.37 Å². The predicted molar refractivity (Wildman–Crippen MR) is 217 cm³/mol. The zero-order valence-electron chi connectivity index (χ0n) is 33.3. The number of fused-ring (bicyclic) bond motifs is 1. The average Bonchev–Trinajstić information content (AvgIpc) is 3.12. The summed E-state index contributed by atoms with van der Waals surface area (Å²) in [6.45, 7) is 25.1. The van der Waals surface area contributed by atoms with E-state index in [0.717, 1.165) is 31.5 Å². The van der Waals surface area contributed by atoms with Crippen LogP contribution in [0.1, 0.15) is 110 Å². The smallest absolute Gasteiger partial charge is 0.282 e. The van der Waals surface area contributed by atoms with Crippen molar-refractivity contribution in [3.63, 3.8) is 0 Å². The van der Waals surface area contributed by atoms with E-state index in [0.29, 0.717) is 45.6 Å². The molecule has 4 aromatic rings. The minimum atomic E-state index is -0.690. The molecule has 2 aromatic heterocycles. The zero-order valence-corrected chi connectivity index (χ0v) is 33.3. The van der Waals surface area contributed by atoms with Crippen LogP contribution in [0.15, 0.2) is 78.0 Å². The van der Waals surface area contributed by atoms with E-state index in [1.54, 1.807) is 30.3 Å². The fourth-order valence-electron chi connectivity index (χ4n) is 6.24. The molecule has 1 saturated heterocycles. The minimum absolute atomic E-state index is 0.0507. The third kappa shape index (κ3) is 10.7. The maximum atomic E-state index is 15.4. The van der Waals surface area contributed by atoms with E-state index in [2.05, 4.69) is 54.6 Å². The van der Waals surface area contributed by atoms with Gasteiger partial charge in [-0.2, -0.15) is 9.78 Å². The van der Waals surface area contributed by atoms with Gasteiger partial charge in [0.05, 0.1) is 23.9 Å². The number of benzene rings is 2. The number of nitrogens with zero attached hydrogens (tertiary/aromatic N) is 4. The summed E-state index contributed by atoms with van der Waals surface area (Å²) in [7, 11) is 1.53. The lowest BCUT2D eigenvalue weighted by molar-refractivity contribution is -0.114. The van der Waals surface area contributed by atoms with E-state index in [1.165, 1.54) is 36.0 Å². The molecule has 10 heteroatoms. The van der Waals surface area contributed by atoms with Gasteiger partial charge in [-0.1, -0.05) is 79.7 Å². The number of primary amides is 1. The lowest BCUT2D eigenvalue weighted by Crippen LogP contribution is -2.37. The van der Waals surface area contributed by atoms with Gasteiger partial charge in [0, 0.05) is 30.3 Å². The molecule has 9 nitrogen and oxygen atoms in total. The number of amides is 1. The average molecular weight is 727 g/mol. The topological polar surface area (TPSA) is 115 Å².